The summed E-state index contributed by atoms with van der Waals surface area (Å²) in [4.78, 5) is 47.4. The van der Waals surface area contributed by atoms with E-state index in [9.17, 15) is 29.4 Å². The number of carbonyl (C=O) groups is 4. The van der Waals surface area contributed by atoms with Crippen molar-refractivity contribution in [3.05, 3.63) is 33.8 Å². The Morgan fingerprint density at radius 1 is 0.854 bits per heavy atom. The molecule has 1 aromatic carbocycles. The molecule has 1 aliphatic heterocycles. The van der Waals surface area contributed by atoms with Gasteiger partial charge in [-0.1, -0.05) is 23.2 Å². The van der Waals surface area contributed by atoms with Gasteiger partial charge in [0.2, 0.25) is 11.8 Å². The van der Waals surface area contributed by atoms with Crippen molar-refractivity contribution in [2.24, 2.45) is 5.10 Å². The van der Waals surface area contributed by atoms with Crippen molar-refractivity contribution in [3.8, 4) is 11.5 Å². The van der Waals surface area contributed by atoms with E-state index in [0.29, 0.717) is 46.2 Å². The number of rotatable bonds is 20. The molecule has 0 fully saturated rings. The Morgan fingerprint density at radius 3 is 2.02 bits per heavy atom. The fraction of sp³-hybridized carbons (Fsp3) is 0.480. The minimum atomic E-state index is -0.541. The Labute approximate surface area is 246 Å². The van der Waals surface area contributed by atoms with Crippen LogP contribution in [0.2, 0.25) is 10.0 Å². The monoisotopic (exact) mass is 618 g/mol. The molecule has 14 nitrogen and oxygen atoms in total. The average molecular weight is 619 g/mol. The number of carbonyl (C=O) groups excluding carboxylic acids is 4. The van der Waals surface area contributed by atoms with Crippen LogP contribution >= 0.6 is 23.2 Å². The molecular formula is C25H32Cl2N4O10. The van der Waals surface area contributed by atoms with Crippen LogP contribution in [0.4, 0.5) is 0 Å². The Kier molecular flexibility index (Phi) is 15.7. The lowest BCUT2D eigenvalue weighted by atomic mass is 10.2. The van der Waals surface area contributed by atoms with Gasteiger partial charge in [0.25, 0.3) is 11.8 Å². The van der Waals surface area contributed by atoms with Gasteiger partial charge < -0.3 is 34.5 Å². The van der Waals surface area contributed by atoms with Crippen molar-refractivity contribution in [1.29, 1.82) is 0 Å². The Bertz CT molecular complexity index is 1100. The normalized spacial score (nSPS) is 13.0. The van der Waals surface area contributed by atoms with Crippen LogP contribution in [0.25, 0.3) is 0 Å². The van der Waals surface area contributed by atoms with Gasteiger partial charge in [0, 0.05) is 43.3 Å². The summed E-state index contributed by atoms with van der Waals surface area (Å²) in [5.74, 6) is -2.54. The van der Waals surface area contributed by atoms with Crippen LogP contribution in [0.15, 0.2) is 23.3 Å². The van der Waals surface area contributed by atoms with E-state index in [0.717, 1.165) is 17.2 Å². The predicted molar refractivity (Wildman–Crippen MR) is 147 cm³/mol. The highest BCUT2D eigenvalue weighted by atomic mass is 35.5. The van der Waals surface area contributed by atoms with Crippen LogP contribution in [-0.2, 0) is 38.1 Å². The van der Waals surface area contributed by atoms with Gasteiger partial charge in [-0.05, 0) is 0 Å². The average Bonchev–Trinajstić information content (AvgIpc) is 3.26. The number of benzene rings is 1. The van der Waals surface area contributed by atoms with Crippen molar-refractivity contribution in [1.82, 2.24) is 15.6 Å². The highest BCUT2D eigenvalue weighted by Gasteiger charge is 2.23. The predicted octanol–water partition coefficient (Wildman–Crippen LogP) is 0.743. The van der Waals surface area contributed by atoms with Gasteiger partial charge in [-0.3, -0.25) is 24.1 Å². The van der Waals surface area contributed by atoms with Crippen LogP contribution < -0.4 is 10.7 Å². The topological polar surface area (TPSA) is 185 Å². The summed E-state index contributed by atoms with van der Waals surface area (Å²) < 4.78 is 21.4. The molecule has 0 atom stereocenters. The molecule has 0 unspecified atom stereocenters. The number of amides is 4. The third kappa shape index (κ3) is 12.8. The Balaban J connectivity index is 1.35. The SMILES string of the molecule is O=C(CCN1C(=O)C=CC1=O)NCCOCCOCCOCCOCCC(=O)NN=Cc1c(Cl)cc(O)c(O)c1Cl. The molecule has 226 valence electrons. The summed E-state index contributed by atoms with van der Waals surface area (Å²) in [7, 11) is 0. The highest BCUT2D eigenvalue weighted by molar-refractivity contribution is 6.39. The molecule has 4 N–H and O–H groups in total. The number of hydrazone groups is 1. The first kappa shape index (κ1) is 33.9. The second kappa shape index (κ2) is 19.0. The summed E-state index contributed by atoms with van der Waals surface area (Å²) in [5.41, 5.74) is 2.41. The quantitative estimate of drug-likeness (QED) is 0.0534. The van der Waals surface area contributed by atoms with Crippen molar-refractivity contribution >= 4 is 53.0 Å². The molecule has 2 rings (SSSR count). The number of hydrogen-bond donors (Lipinski definition) is 4. The van der Waals surface area contributed by atoms with E-state index in [1.165, 1.54) is 12.2 Å². The maximum absolute atomic E-state index is 11.8. The minimum Gasteiger partial charge on any atom is -0.504 e. The molecule has 0 spiro atoms. The Hall–Kier alpha value is -3.27. The number of imide groups is 1. The van der Waals surface area contributed by atoms with E-state index >= 15 is 0 Å². The number of halogens is 2. The first-order valence-electron chi connectivity index (χ1n) is 12.5. The smallest absolute Gasteiger partial charge is 0.253 e. The van der Waals surface area contributed by atoms with Crippen molar-refractivity contribution in [2.45, 2.75) is 12.8 Å². The summed E-state index contributed by atoms with van der Waals surface area (Å²) in [5, 5.41) is 25.3. The molecule has 1 aliphatic rings. The van der Waals surface area contributed by atoms with Crippen molar-refractivity contribution in [3.63, 3.8) is 0 Å². The largest absolute Gasteiger partial charge is 0.504 e. The van der Waals surface area contributed by atoms with E-state index in [4.69, 9.17) is 42.1 Å². The van der Waals surface area contributed by atoms with Gasteiger partial charge in [0.1, 0.15) is 0 Å². The summed E-state index contributed by atoms with van der Waals surface area (Å²) >= 11 is 11.8. The molecule has 0 bridgehead atoms. The molecule has 1 heterocycles. The second-order valence-electron chi connectivity index (χ2n) is 8.21. The van der Waals surface area contributed by atoms with Crippen molar-refractivity contribution < 1.29 is 48.3 Å². The van der Waals surface area contributed by atoms with E-state index < -0.39 is 29.2 Å². The van der Waals surface area contributed by atoms with Gasteiger partial charge in [0.05, 0.1) is 75.5 Å². The van der Waals surface area contributed by atoms with E-state index in [1.807, 2.05) is 0 Å². The molecule has 16 heteroatoms. The lowest BCUT2D eigenvalue weighted by Gasteiger charge is -2.13. The van der Waals surface area contributed by atoms with Crippen LogP contribution in [-0.4, -0.2) is 111 Å². The number of phenols is 2. The molecule has 1 aromatic rings. The lowest BCUT2D eigenvalue weighted by Crippen LogP contribution is -2.35. The van der Waals surface area contributed by atoms with E-state index in [-0.39, 0.29) is 54.1 Å². The number of ether oxygens (including phenoxy) is 4. The zero-order chi connectivity index (χ0) is 30.0. The van der Waals surface area contributed by atoms with Gasteiger partial charge >= 0.3 is 0 Å². The molecule has 0 radical (unpaired) electrons. The summed E-state index contributed by atoms with van der Waals surface area (Å²) in [6, 6.07) is 1.10. The van der Waals surface area contributed by atoms with Crippen LogP contribution in [0, 0.1) is 0 Å². The molecular weight excluding hydrogens is 587 g/mol. The fourth-order valence-electron chi connectivity index (χ4n) is 3.10. The fourth-order valence-corrected chi connectivity index (χ4v) is 3.64. The van der Waals surface area contributed by atoms with Crippen LogP contribution in [0.1, 0.15) is 18.4 Å². The van der Waals surface area contributed by atoms with Gasteiger partial charge in [-0.25, -0.2) is 5.43 Å². The molecule has 0 aromatic heterocycles. The number of hydrogen-bond acceptors (Lipinski definition) is 11. The number of phenolic OH excluding ortho intramolecular Hbond substituents is 2. The maximum atomic E-state index is 11.8. The van der Waals surface area contributed by atoms with Gasteiger partial charge in [-0.15, -0.1) is 0 Å². The van der Waals surface area contributed by atoms with Crippen molar-refractivity contribution in [2.75, 3.05) is 65.9 Å². The van der Waals surface area contributed by atoms with Gasteiger partial charge in [0.15, 0.2) is 11.5 Å². The summed E-state index contributed by atoms with van der Waals surface area (Å²) in [6.07, 6.45) is 3.57. The first-order valence-corrected chi connectivity index (χ1v) is 13.3. The zero-order valence-electron chi connectivity index (χ0n) is 22.1. The third-order valence-corrected chi connectivity index (χ3v) is 5.91. The van der Waals surface area contributed by atoms with E-state index in [1.54, 1.807) is 0 Å². The number of nitrogens with one attached hydrogen (secondary N) is 2. The highest BCUT2D eigenvalue weighted by Crippen LogP contribution is 2.39. The molecule has 0 saturated carbocycles. The molecule has 0 aliphatic carbocycles. The number of nitrogens with zero attached hydrogens (tertiary/aromatic N) is 2. The standard InChI is InChI=1S/C25H32Cl2N4O10/c26-18-15-19(32)25(37)24(27)17(18)16-29-30-21(34)4-7-38-9-11-40-13-14-41-12-10-39-8-5-28-20(33)3-6-31-22(35)1-2-23(31)36/h1-2,15-16,32,37H,3-14H2,(H,28,33)(H,30,34). The summed E-state index contributed by atoms with van der Waals surface area (Å²) in [6.45, 7) is 2.78. The van der Waals surface area contributed by atoms with Crippen LogP contribution in [0.3, 0.4) is 0 Å². The van der Waals surface area contributed by atoms with Gasteiger partial charge in [-0.2, -0.15) is 5.10 Å². The molecule has 41 heavy (non-hydrogen) atoms. The molecule has 0 saturated heterocycles. The second-order valence-corrected chi connectivity index (χ2v) is 8.99. The maximum Gasteiger partial charge on any atom is 0.253 e. The number of aromatic hydroxyl groups is 2. The zero-order valence-corrected chi connectivity index (χ0v) is 23.6. The molecule has 4 amide bonds. The van der Waals surface area contributed by atoms with Crippen LogP contribution in [0.5, 0.6) is 11.5 Å². The third-order valence-electron chi connectivity index (χ3n) is 5.21. The lowest BCUT2D eigenvalue weighted by molar-refractivity contribution is -0.137. The minimum absolute atomic E-state index is 0.0280. The Morgan fingerprint density at radius 2 is 1.41 bits per heavy atom. The van der Waals surface area contributed by atoms with E-state index in [2.05, 4.69) is 15.8 Å². The first-order chi connectivity index (χ1) is 19.7.